The van der Waals surface area contributed by atoms with E-state index < -0.39 is 11.7 Å². The fourth-order valence-corrected chi connectivity index (χ4v) is 1.86. The van der Waals surface area contributed by atoms with E-state index in [-0.39, 0.29) is 10.4 Å². The number of alkyl halides is 5. The molecule has 1 aromatic carbocycles. The molecule has 0 aliphatic rings. The van der Waals surface area contributed by atoms with E-state index in [4.69, 9.17) is 0 Å². The monoisotopic (exact) mass is 330 g/mol. The first-order valence-corrected chi connectivity index (χ1v) is 5.86. The summed E-state index contributed by atoms with van der Waals surface area (Å²) < 4.78 is 37.5. The Labute approximate surface area is 96.8 Å². The minimum Gasteiger partial charge on any atom is -0.166 e. The van der Waals surface area contributed by atoms with E-state index in [0.29, 0.717) is 5.33 Å². The number of hydrogen-bond donors (Lipinski definition) is 0. The van der Waals surface area contributed by atoms with E-state index in [1.54, 1.807) is 6.07 Å². The SMILES string of the molecule is FC(F)(F)c1ccccc1C(Br)CBr. The predicted molar refractivity (Wildman–Crippen MR) is 56.9 cm³/mol. The molecule has 1 aromatic rings. The molecule has 0 aliphatic heterocycles. The van der Waals surface area contributed by atoms with Gasteiger partial charge in [0.15, 0.2) is 0 Å². The first-order valence-electron chi connectivity index (χ1n) is 3.83. The molecule has 1 atom stereocenters. The molecule has 0 N–H and O–H groups in total. The van der Waals surface area contributed by atoms with Crippen molar-refractivity contribution in [2.75, 3.05) is 5.33 Å². The van der Waals surface area contributed by atoms with Crippen LogP contribution in [0.3, 0.4) is 0 Å². The van der Waals surface area contributed by atoms with Crippen LogP contribution < -0.4 is 0 Å². The van der Waals surface area contributed by atoms with E-state index in [0.717, 1.165) is 6.07 Å². The van der Waals surface area contributed by atoms with Gasteiger partial charge < -0.3 is 0 Å². The fourth-order valence-electron chi connectivity index (χ4n) is 1.11. The molecule has 5 heteroatoms. The van der Waals surface area contributed by atoms with Gasteiger partial charge in [-0.2, -0.15) is 13.2 Å². The lowest BCUT2D eigenvalue weighted by molar-refractivity contribution is -0.138. The Hall–Kier alpha value is -0.0300. The zero-order valence-electron chi connectivity index (χ0n) is 6.98. The molecule has 0 heterocycles. The minimum absolute atomic E-state index is 0.261. The van der Waals surface area contributed by atoms with Crippen molar-refractivity contribution in [2.45, 2.75) is 11.0 Å². The van der Waals surface area contributed by atoms with Crippen LogP contribution in [0.2, 0.25) is 0 Å². The molecular weight excluding hydrogens is 325 g/mol. The summed E-state index contributed by atoms with van der Waals surface area (Å²) in [5, 5.41) is 0.445. The van der Waals surface area contributed by atoms with Gasteiger partial charge in [0.1, 0.15) is 0 Å². The van der Waals surface area contributed by atoms with Crippen molar-refractivity contribution in [1.29, 1.82) is 0 Å². The molecule has 0 fully saturated rings. The molecule has 0 saturated heterocycles. The highest BCUT2D eigenvalue weighted by molar-refractivity contribution is 9.12. The lowest BCUT2D eigenvalue weighted by Crippen LogP contribution is -2.10. The largest absolute Gasteiger partial charge is 0.416 e. The third-order valence-corrected chi connectivity index (χ3v) is 4.07. The van der Waals surface area contributed by atoms with Gasteiger partial charge in [-0.05, 0) is 11.6 Å². The summed E-state index contributed by atoms with van der Waals surface area (Å²) >= 11 is 6.32. The van der Waals surface area contributed by atoms with Gasteiger partial charge in [-0.1, -0.05) is 50.1 Å². The topological polar surface area (TPSA) is 0 Å². The Bertz CT molecular complexity index is 309. The summed E-state index contributed by atoms with van der Waals surface area (Å²) in [7, 11) is 0. The third kappa shape index (κ3) is 2.73. The van der Waals surface area contributed by atoms with Gasteiger partial charge in [0.2, 0.25) is 0 Å². The second-order valence-electron chi connectivity index (χ2n) is 2.71. The Morgan fingerprint density at radius 2 is 1.79 bits per heavy atom. The molecule has 0 nitrogen and oxygen atoms in total. The summed E-state index contributed by atoms with van der Waals surface area (Å²) in [5.74, 6) is 0. The first kappa shape index (κ1) is 12.0. The lowest BCUT2D eigenvalue weighted by atomic mass is 10.1. The molecule has 0 radical (unpaired) electrons. The smallest absolute Gasteiger partial charge is 0.166 e. The van der Waals surface area contributed by atoms with Crippen LogP contribution in [0.4, 0.5) is 13.2 Å². The maximum atomic E-state index is 12.5. The number of benzene rings is 1. The molecule has 0 aromatic heterocycles. The van der Waals surface area contributed by atoms with Gasteiger partial charge in [-0.15, -0.1) is 0 Å². The van der Waals surface area contributed by atoms with Gasteiger partial charge in [0.25, 0.3) is 0 Å². The standard InChI is InChI=1S/C9H7Br2F3/c10-5-8(11)6-3-1-2-4-7(6)9(12,13)14/h1-4,8H,5H2. The maximum Gasteiger partial charge on any atom is 0.416 e. The van der Waals surface area contributed by atoms with Gasteiger partial charge >= 0.3 is 6.18 Å². The Morgan fingerprint density at radius 1 is 1.21 bits per heavy atom. The van der Waals surface area contributed by atoms with Crippen LogP contribution in [0.5, 0.6) is 0 Å². The number of halogens is 5. The normalized spacial score (nSPS) is 14.1. The van der Waals surface area contributed by atoms with E-state index in [1.165, 1.54) is 12.1 Å². The van der Waals surface area contributed by atoms with Gasteiger partial charge in [0, 0.05) is 10.2 Å². The average molecular weight is 332 g/mol. The fraction of sp³-hybridized carbons (Fsp3) is 0.333. The Kier molecular flexibility index (Phi) is 4.01. The van der Waals surface area contributed by atoms with Crippen LogP contribution in [-0.2, 0) is 6.18 Å². The van der Waals surface area contributed by atoms with Crippen molar-refractivity contribution in [2.24, 2.45) is 0 Å². The van der Waals surface area contributed by atoms with Crippen LogP contribution >= 0.6 is 31.9 Å². The molecule has 0 spiro atoms. The second-order valence-corrected chi connectivity index (χ2v) is 4.46. The maximum absolute atomic E-state index is 12.5. The Morgan fingerprint density at radius 3 is 2.29 bits per heavy atom. The summed E-state index contributed by atoms with van der Waals surface area (Å²) in [6.45, 7) is 0. The third-order valence-electron chi connectivity index (χ3n) is 1.74. The first-order chi connectivity index (χ1) is 6.46. The molecule has 1 rings (SSSR count). The predicted octanol–water partition coefficient (Wildman–Crippen LogP) is 4.54. The molecule has 1 unspecified atom stereocenters. The van der Waals surface area contributed by atoms with Crippen LogP contribution in [0.25, 0.3) is 0 Å². The molecule has 14 heavy (non-hydrogen) atoms. The van der Waals surface area contributed by atoms with Gasteiger partial charge in [0.05, 0.1) is 5.56 Å². The van der Waals surface area contributed by atoms with Gasteiger partial charge in [-0.25, -0.2) is 0 Å². The van der Waals surface area contributed by atoms with Crippen molar-refractivity contribution in [3.05, 3.63) is 35.4 Å². The molecule has 0 amide bonds. The van der Waals surface area contributed by atoms with Crippen molar-refractivity contribution in [3.8, 4) is 0 Å². The summed E-state index contributed by atoms with van der Waals surface area (Å²) in [4.78, 5) is -0.319. The van der Waals surface area contributed by atoms with Crippen molar-refractivity contribution in [3.63, 3.8) is 0 Å². The number of rotatable bonds is 2. The summed E-state index contributed by atoms with van der Waals surface area (Å²) in [6.07, 6.45) is -4.29. The highest BCUT2D eigenvalue weighted by Crippen LogP contribution is 2.37. The quantitative estimate of drug-likeness (QED) is 0.698. The molecular formula is C9H7Br2F3. The number of hydrogen-bond acceptors (Lipinski definition) is 0. The molecule has 0 bridgehead atoms. The summed E-state index contributed by atoms with van der Waals surface area (Å²) in [6, 6.07) is 5.55. The highest BCUT2D eigenvalue weighted by atomic mass is 79.9. The molecule has 0 aliphatic carbocycles. The van der Waals surface area contributed by atoms with Crippen molar-refractivity contribution in [1.82, 2.24) is 0 Å². The summed E-state index contributed by atoms with van der Waals surface area (Å²) in [5.41, 5.74) is -0.321. The highest BCUT2D eigenvalue weighted by Gasteiger charge is 2.34. The lowest BCUT2D eigenvalue weighted by Gasteiger charge is -2.15. The van der Waals surface area contributed by atoms with E-state index >= 15 is 0 Å². The zero-order chi connectivity index (χ0) is 10.8. The Balaban J connectivity index is 3.16. The van der Waals surface area contributed by atoms with Crippen molar-refractivity contribution >= 4 is 31.9 Å². The van der Waals surface area contributed by atoms with Crippen molar-refractivity contribution < 1.29 is 13.2 Å². The van der Waals surface area contributed by atoms with E-state index in [1.807, 2.05) is 0 Å². The van der Waals surface area contributed by atoms with Crippen LogP contribution in [0, 0.1) is 0 Å². The van der Waals surface area contributed by atoms with Gasteiger partial charge in [-0.3, -0.25) is 0 Å². The molecule has 0 saturated carbocycles. The van der Waals surface area contributed by atoms with E-state index in [2.05, 4.69) is 31.9 Å². The van der Waals surface area contributed by atoms with E-state index in [9.17, 15) is 13.2 Å². The minimum atomic E-state index is -4.29. The van der Waals surface area contributed by atoms with Crippen LogP contribution in [0.15, 0.2) is 24.3 Å². The second kappa shape index (κ2) is 4.66. The zero-order valence-corrected chi connectivity index (χ0v) is 10.2. The van der Waals surface area contributed by atoms with Crippen LogP contribution in [0.1, 0.15) is 16.0 Å². The van der Waals surface area contributed by atoms with Crippen LogP contribution in [-0.4, -0.2) is 5.33 Å². The average Bonchev–Trinajstić information content (AvgIpc) is 2.15. The molecule has 78 valence electrons.